The normalized spacial score (nSPS) is 28.2. The zero-order valence-corrected chi connectivity index (χ0v) is 13.2. The molecule has 0 aliphatic carbocycles. The molecular weight excluding hydrogens is 351 g/mol. The van der Waals surface area contributed by atoms with Crippen LogP contribution in [0.4, 0.5) is 4.39 Å². The monoisotopic (exact) mass is 366 g/mol. The van der Waals surface area contributed by atoms with Gasteiger partial charge in [-0.05, 0) is 0 Å². The Kier molecular flexibility index (Phi) is 4.59. The van der Waals surface area contributed by atoms with E-state index >= 15 is 4.39 Å². The third-order valence-corrected chi connectivity index (χ3v) is 4.12. The SMILES string of the molecule is O=C(c1ccccc1)c1cn([C@]2(F)O[C@H](CO)[C@@H](O)[C@H]2O)c(=O)[nH]c1=O. The van der Waals surface area contributed by atoms with E-state index in [-0.39, 0.29) is 10.1 Å². The molecule has 0 amide bonds. The van der Waals surface area contributed by atoms with E-state index in [1.165, 1.54) is 12.1 Å². The minimum Gasteiger partial charge on any atom is -0.394 e. The van der Waals surface area contributed by atoms with E-state index in [9.17, 15) is 24.6 Å². The van der Waals surface area contributed by atoms with Crippen molar-refractivity contribution < 1.29 is 29.2 Å². The van der Waals surface area contributed by atoms with E-state index in [2.05, 4.69) is 0 Å². The van der Waals surface area contributed by atoms with Crippen LogP contribution in [-0.2, 0) is 10.7 Å². The number of carbonyl (C=O) groups is 1. The Hall–Kier alpha value is -2.66. The molecular formula is C16H15FN2O7. The lowest BCUT2D eigenvalue weighted by Gasteiger charge is -2.25. The molecule has 10 heteroatoms. The van der Waals surface area contributed by atoms with Crippen molar-refractivity contribution in [1.29, 1.82) is 0 Å². The van der Waals surface area contributed by atoms with Gasteiger partial charge in [0.25, 0.3) is 5.56 Å². The van der Waals surface area contributed by atoms with E-state index in [0.29, 0.717) is 6.20 Å². The number of hydrogen-bond donors (Lipinski definition) is 4. The molecule has 0 unspecified atom stereocenters. The van der Waals surface area contributed by atoms with Gasteiger partial charge in [-0.15, -0.1) is 0 Å². The Labute approximate surface area is 144 Å². The van der Waals surface area contributed by atoms with E-state index in [1.54, 1.807) is 23.2 Å². The van der Waals surface area contributed by atoms with Crippen molar-refractivity contribution in [3.05, 3.63) is 68.5 Å². The van der Waals surface area contributed by atoms with Crippen molar-refractivity contribution in [2.75, 3.05) is 6.61 Å². The molecule has 1 aromatic heterocycles. The van der Waals surface area contributed by atoms with Crippen LogP contribution in [0.25, 0.3) is 0 Å². The third kappa shape index (κ3) is 2.78. The molecule has 26 heavy (non-hydrogen) atoms. The first-order valence-electron chi connectivity index (χ1n) is 7.59. The summed E-state index contributed by atoms with van der Waals surface area (Å²) in [7, 11) is 0. The van der Waals surface area contributed by atoms with Crippen molar-refractivity contribution >= 4 is 5.78 Å². The summed E-state index contributed by atoms with van der Waals surface area (Å²) >= 11 is 0. The first-order chi connectivity index (χ1) is 12.3. The lowest BCUT2D eigenvalue weighted by Crippen LogP contribution is -2.49. The van der Waals surface area contributed by atoms with Crippen molar-refractivity contribution in [2.45, 2.75) is 24.3 Å². The predicted octanol–water partition coefficient (Wildman–Crippen LogP) is -1.54. The Morgan fingerprint density at radius 2 is 1.92 bits per heavy atom. The van der Waals surface area contributed by atoms with E-state index in [4.69, 9.17) is 9.84 Å². The van der Waals surface area contributed by atoms with Gasteiger partial charge in [0.15, 0.2) is 11.9 Å². The number of nitrogens with one attached hydrogen (secondary N) is 1. The Morgan fingerprint density at radius 1 is 1.27 bits per heavy atom. The molecule has 0 radical (unpaired) electrons. The minimum absolute atomic E-state index is 0.122. The van der Waals surface area contributed by atoms with Gasteiger partial charge in [0.05, 0.1) is 6.61 Å². The Bertz CT molecular complexity index is 942. The van der Waals surface area contributed by atoms with Crippen LogP contribution in [0.5, 0.6) is 0 Å². The summed E-state index contributed by atoms with van der Waals surface area (Å²) in [5, 5.41) is 28.7. The number of nitrogens with zero attached hydrogens (tertiary/aromatic N) is 1. The molecule has 1 saturated heterocycles. The molecule has 1 aromatic carbocycles. The van der Waals surface area contributed by atoms with Crippen molar-refractivity contribution in [3.8, 4) is 0 Å². The van der Waals surface area contributed by atoms with E-state index in [1.807, 2.05) is 0 Å². The standard InChI is InChI=1S/C16H15FN2O7/c17-16(13(23)12(22)10(7-20)26-16)19-6-9(14(24)18-15(19)25)11(21)8-4-2-1-3-5-8/h1-6,10,12-13,20,22-23H,7H2,(H,18,24,25)/t10-,12-,13-,16+/m1/s1. The first-order valence-corrected chi connectivity index (χ1v) is 7.59. The Morgan fingerprint density at radius 3 is 2.50 bits per heavy atom. The molecule has 4 atom stereocenters. The second kappa shape index (κ2) is 6.57. The summed E-state index contributed by atoms with van der Waals surface area (Å²) in [5.74, 6) is -4.06. The highest BCUT2D eigenvalue weighted by Gasteiger charge is 2.57. The number of H-pyrrole nitrogens is 1. The van der Waals surface area contributed by atoms with Crippen molar-refractivity contribution in [3.63, 3.8) is 0 Å². The van der Waals surface area contributed by atoms with E-state index < -0.39 is 53.5 Å². The summed E-state index contributed by atoms with van der Waals surface area (Å²) in [6, 6.07) is 7.61. The van der Waals surface area contributed by atoms with Gasteiger partial charge in [0.1, 0.15) is 17.8 Å². The molecule has 1 aliphatic rings. The highest BCUT2D eigenvalue weighted by Crippen LogP contribution is 2.35. The molecule has 9 nitrogen and oxygen atoms in total. The maximum atomic E-state index is 15.2. The van der Waals surface area contributed by atoms with Gasteiger partial charge in [0.2, 0.25) is 0 Å². The number of ketones is 1. The molecule has 0 saturated carbocycles. The second-order valence-electron chi connectivity index (χ2n) is 5.75. The van der Waals surface area contributed by atoms with Gasteiger partial charge in [-0.25, -0.2) is 9.36 Å². The number of aromatic nitrogens is 2. The van der Waals surface area contributed by atoms with Gasteiger partial charge in [-0.3, -0.25) is 14.6 Å². The predicted molar refractivity (Wildman–Crippen MR) is 84.3 cm³/mol. The van der Waals surface area contributed by atoms with Crippen LogP contribution in [-0.4, -0.2) is 55.6 Å². The van der Waals surface area contributed by atoms with Crippen LogP contribution in [0.3, 0.4) is 0 Å². The lowest BCUT2D eigenvalue weighted by molar-refractivity contribution is -0.239. The summed E-state index contributed by atoms with van der Waals surface area (Å²) in [6.07, 6.45) is -4.94. The fourth-order valence-electron chi connectivity index (χ4n) is 2.71. The van der Waals surface area contributed by atoms with Crippen LogP contribution < -0.4 is 11.2 Å². The number of hydrogen-bond acceptors (Lipinski definition) is 7. The van der Waals surface area contributed by atoms with Crippen LogP contribution in [0.1, 0.15) is 15.9 Å². The summed E-state index contributed by atoms with van der Waals surface area (Å²) in [4.78, 5) is 38.2. The molecule has 3 rings (SSSR count). The molecule has 2 aromatic rings. The summed E-state index contributed by atoms with van der Waals surface area (Å²) in [6.45, 7) is -0.822. The number of aliphatic hydroxyl groups excluding tert-OH is 3. The molecule has 0 spiro atoms. The average Bonchev–Trinajstić information content (AvgIpc) is 2.86. The summed E-state index contributed by atoms with van der Waals surface area (Å²) < 4.78 is 20.1. The topological polar surface area (TPSA) is 142 Å². The van der Waals surface area contributed by atoms with Gasteiger partial charge in [-0.2, -0.15) is 4.39 Å². The average molecular weight is 366 g/mol. The maximum absolute atomic E-state index is 15.2. The minimum atomic E-state index is -3.28. The molecule has 2 heterocycles. The molecule has 138 valence electrons. The van der Waals surface area contributed by atoms with Gasteiger partial charge in [-0.1, -0.05) is 30.3 Å². The van der Waals surface area contributed by atoms with Crippen molar-refractivity contribution in [1.82, 2.24) is 9.55 Å². The number of halogens is 1. The first kappa shape index (κ1) is 18.1. The fraction of sp³-hybridized carbons (Fsp3) is 0.312. The number of alkyl halides is 1. The van der Waals surface area contributed by atoms with Gasteiger partial charge >= 0.3 is 11.7 Å². The zero-order valence-electron chi connectivity index (χ0n) is 13.2. The number of carbonyl (C=O) groups excluding carboxylic acids is 1. The second-order valence-corrected chi connectivity index (χ2v) is 5.75. The lowest BCUT2D eigenvalue weighted by atomic mass is 10.1. The summed E-state index contributed by atoms with van der Waals surface area (Å²) in [5.41, 5.74) is -2.79. The quantitative estimate of drug-likeness (QED) is 0.481. The van der Waals surface area contributed by atoms with Crippen LogP contribution in [0, 0.1) is 0 Å². The van der Waals surface area contributed by atoms with Crippen molar-refractivity contribution in [2.24, 2.45) is 0 Å². The van der Waals surface area contributed by atoms with Crippen LogP contribution in [0.15, 0.2) is 46.1 Å². The third-order valence-electron chi connectivity index (χ3n) is 4.12. The number of rotatable bonds is 4. The van der Waals surface area contributed by atoms with Gasteiger partial charge in [0, 0.05) is 11.8 Å². The number of aromatic amines is 1. The van der Waals surface area contributed by atoms with E-state index in [0.717, 1.165) is 0 Å². The maximum Gasteiger partial charge on any atom is 0.332 e. The smallest absolute Gasteiger partial charge is 0.332 e. The van der Waals surface area contributed by atoms with Crippen LogP contribution >= 0.6 is 0 Å². The highest BCUT2D eigenvalue weighted by molar-refractivity contribution is 6.08. The number of benzene rings is 1. The zero-order chi connectivity index (χ0) is 19.1. The number of aliphatic hydroxyl groups is 3. The molecule has 1 fully saturated rings. The van der Waals surface area contributed by atoms with Crippen LogP contribution in [0.2, 0.25) is 0 Å². The number of ether oxygens (including phenoxy) is 1. The van der Waals surface area contributed by atoms with Gasteiger partial charge < -0.3 is 20.1 Å². The fourth-order valence-corrected chi connectivity index (χ4v) is 2.71. The molecule has 1 aliphatic heterocycles. The highest BCUT2D eigenvalue weighted by atomic mass is 19.2. The Balaban J connectivity index is 2.12. The molecule has 4 N–H and O–H groups in total. The molecule has 0 bridgehead atoms. The largest absolute Gasteiger partial charge is 0.394 e.